The van der Waals surface area contributed by atoms with E-state index in [0.29, 0.717) is 30.6 Å². The molecule has 2 amide bonds. The van der Waals surface area contributed by atoms with Crippen molar-refractivity contribution in [3.8, 4) is 5.75 Å². The maximum absolute atomic E-state index is 13.4. The number of likely N-dealkylation sites (tertiary alicyclic amines) is 2. The van der Waals surface area contributed by atoms with Crippen LogP contribution in [0.15, 0.2) is 24.3 Å². The van der Waals surface area contributed by atoms with E-state index in [-0.39, 0.29) is 11.3 Å². The quantitative estimate of drug-likeness (QED) is 0.818. The van der Waals surface area contributed by atoms with E-state index in [0.717, 1.165) is 44.4 Å². The van der Waals surface area contributed by atoms with Crippen molar-refractivity contribution in [1.82, 2.24) is 9.80 Å². The Balaban J connectivity index is 1.46. The van der Waals surface area contributed by atoms with Gasteiger partial charge in [0.25, 0.3) is 5.91 Å². The first-order valence-electron chi connectivity index (χ1n) is 10.4. The van der Waals surface area contributed by atoms with Crippen molar-refractivity contribution >= 4 is 11.8 Å². The van der Waals surface area contributed by atoms with Crippen LogP contribution in [-0.4, -0.2) is 54.4 Å². The molecule has 1 aromatic carbocycles. The second-order valence-electron chi connectivity index (χ2n) is 8.38. The van der Waals surface area contributed by atoms with Crippen LogP contribution in [0.2, 0.25) is 0 Å². The van der Waals surface area contributed by atoms with Gasteiger partial charge in [-0.05, 0) is 56.4 Å². The Morgan fingerprint density at radius 1 is 1.04 bits per heavy atom. The topological polar surface area (TPSA) is 49.9 Å². The normalized spacial score (nSPS) is 26.6. The summed E-state index contributed by atoms with van der Waals surface area (Å²) in [7, 11) is 1.62. The Morgan fingerprint density at radius 3 is 2.48 bits per heavy atom. The third-order valence-electron chi connectivity index (χ3n) is 6.76. The number of nitrogens with zero attached hydrogens (tertiary/aromatic N) is 2. The minimum atomic E-state index is -0.349. The predicted octanol–water partition coefficient (Wildman–Crippen LogP) is 3.48. The Bertz CT molecular complexity index is 696. The highest BCUT2D eigenvalue weighted by Gasteiger charge is 2.50. The van der Waals surface area contributed by atoms with Crippen LogP contribution in [0.4, 0.5) is 0 Å². The van der Waals surface area contributed by atoms with Crippen molar-refractivity contribution < 1.29 is 14.3 Å². The number of hydrogen-bond donors (Lipinski definition) is 0. The van der Waals surface area contributed by atoms with Gasteiger partial charge in [-0.1, -0.05) is 19.3 Å². The fourth-order valence-corrected chi connectivity index (χ4v) is 5.18. The van der Waals surface area contributed by atoms with Gasteiger partial charge in [0, 0.05) is 31.2 Å². The summed E-state index contributed by atoms with van der Waals surface area (Å²) in [4.78, 5) is 30.4. The average Bonchev–Trinajstić information content (AvgIpc) is 3.15. The molecule has 5 heteroatoms. The van der Waals surface area contributed by atoms with E-state index in [1.165, 1.54) is 19.3 Å². The molecule has 2 aliphatic heterocycles. The Hall–Kier alpha value is -2.04. The maximum atomic E-state index is 13.4. The van der Waals surface area contributed by atoms with Gasteiger partial charge in [-0.25, -0.2) is 0 Å². The van der Waals surface area contributed by atoms with E-state index in [1.54, 1.807) is 7.11 Å². The summed E-state index contributed by atoms with van der Waals surface area (Å²) in [5.74, 6) is 1.08. The van der Waals surface area contributed by atoms with Crippen molar-refractivity contribution in [2.45, 2.75) is 57.4 Å². The lowest BCUT2D eigenvalue weighted by Gasteiger charge is -2.44. The maximum Gasteiger partial charge on any atom is 0.253 e. The van der Waals surface area contributed by atoms with E-state index < -0.39 is 0 Å². The van der Waals surface area contributed by atoms with E-state index in [9.17, 15) is 9.59 Å². The highest BCUT2D eigenvalue weighted by Crippen LogP contribution is 2.42. The number of hydrogen-bond acceptors (Lipinski definition) is 3. The molecule has 0 aromatic heterocycles. The molecule has 27 heavy (non-hydrogen) atoms. The highest BCUT2D eigenvalue weighted by atomic mass is 16.5. The lowest BCUT2D eigenvalue weighted by molar-refractivity contribution is -0.149. The highest BCUT2D eigenvalue weighted by molar-refractivity contribution is 5.95. The van der Waals surface area contributed by atoms with Gasteiger partial charge in [0.2, 0.25) is 5.91 Å². The van der Waals surface area contributed by atoms with Crippen molar-refractivity contribution in [2.75, 3.05) is 26.7 Å². The predicted molar refractivity (Wildman–Crippen MR) is 104 cm³/mol. The van der Waals surface area contributed by atoms with E-state index in [1.807, 2.05) is 29.2 Å². The molecule has 1 aliphatic carbocycles. The number of amides is 2. The average molecular weight is 370 g/mol. The zero-order chi connectivity index (χ0) is 18.9. The number of carbonyl (C=O) groups is 2. The summed E-state index contributed by atoms with van der Waals surface area (Å²) in [5, 5.41) is 0. The molecule has 1 saturated carbocycles. The van der Waals surface area contributed by atoms with Gasteiger partial charge < -0.3 is 14.5 Å². The molecule has 1 spiro atoms. The number of benzene rings is 1. The SMILES string of the molecule is COc1ccc(C(=O)N2CC[C@]3(CCCN(C4CCCCC4)C3=O)C2)cc1. The third kappa shape index (κ3) is 3.44. The first-order chi connectivity index (χ1) is 13.1. The van der Waals surface area contributed by atoms with Crippen molar-refractivity contribution in [1.29, 1.82) is 0 Å². The summed E-state index contributed by atoms with van der Waals surface area (Å²) in [6, 6.07) is 7.67. The van der Waals surface area contributed by atoms with Crippen LogP contribution in [0.1, 0.15) is 61.7 Å². The number of carbonyl (C=O) groups excluding carboxylic acids is 2. The molecular formula is C22H30N2O3. The first-order valence-corrected chi connectivity index (χ1v) is 10.4. The molecule has 3 aliphatic rings. The lowest BCUT2D eigenvalue weighted by Crippen LogP contribution is -2.54. The van der Waals surface area contributed by atoms with Crippen molar-refractivity contribution in [2.24, 2.45) is 5.41 Å². The smallest absolute Gasteiger partial charge is 0.253 e. The second-order valence-corrected chi connectivity index (χ2v) is 8.38. The van der Waals surface area contributed by atoms with Gasteiger partial charge in [-0.2, -0.15) is 0 Å². The molecule has 0 radical (unpaired) electrons. The number of ether oxygens (including phenoxy) is 1. The van der Waals surface area contributed by atoms with E-state index >= 15 is 0 Å². The van der Waals surface area contributed by atoms with Crippen molar-refractivity contribution in [3.05, 3.63) is 29.8 Å². The Kier molecular flexibility index (Phi) is 5.11. The monoisotopic (exact) mass is 370 g/mol. The van der Waals surface area contributed by atoms with E-state index in [4.69, 9.17) is 4.74 Å². The van der Waals surface area contributed by atoms with Crippen molar-refractivity contribution in [3.63, 3.8) is 0 Å². The molecular weight excluding hydrogens is 340 g/mol. The fourth-order valence-electron chi connectivity index (χ4n) is 5.18. The minimum Gasteiger partial charge on any atom is -0.497 e. The summed E-state index contributed by atoms with van der Waals surface area (Å²) in [5.41, 5.74) is 0.318. The molecule has 0 unspecified atom stereocenters. The standard InChI is InChI=1S/C22H30N2O3/c1-27-19-10-8-17(9-11-19)20(25)23-15-13-22(16-23)12-5-14-24(21(22)26)18-6-3-2-4-7-18/h8-11,18H,2-7,12-16H2,1H3/t22-/m1/s1. The molecule has 1 aromatic rings. The van der Waals surface area contributed by atoms with Gasteiger partial charge in [0.1, 0.15) is 5.75 Å². The molecule has 0 bridgehead atoms. The Labute approximate surface area is 161 Å². The Morgan fingerprint density at radius 2 is 1.78 bits per heavy atom. The van der Waals surface area contributed by atoms with Gasteiger partial charge in [-0.15, -0.1) is 0 Å². The molecule has 4 rings (SSSR count). The zero-order valence-corrected chi connectivity index (χ0v) is 16.3. The fraction of sp³-hybridized carbons (Fsp3) is 0.636. The van der Waals surface area contributed by atoms with Gasteiger partial charge in [-0.3, -0.25) is 9.59 Å². The van der Waals surface area contributed by atoms with Crippen LogP contribution in [-0.2, 0) is 4.79 Å². The van der Waals surface area contributed by atoms with Crippen LogP contribution in [0.3, 0.4) is 0 Å². The van der Waals surface area contributed by atoms with Gasteiger partial charge >= 0.3 is 0 Å². The molecule has 146 valence electrons. The summed E-state index contributed by atoms with van der Waals surface area (Å²) in [6.45, 7) is 2.15. The second kappa shape index (κ2) is 7.53. The number of piperidine rings is 1. The van der Waals surface area contributed by atoms with Crippen LogP contribution in [0.5, 0.6) is 5.75 Å². The summed E-state index contributed by atoms with van der Waals surface area (Å²) in [6.07, 6.45) is 8.86. The van der Waals surface area contributed by atoms with Crippen LogP contribution in [0, 0.1) is 5.41 Å². The van der Waals surface area contributed by atoms with Gasteiger partial charge in [0.05, 0.1) is 12.5 Å². The first kappa shape index (κ1) is 18.3. The van der Waals surface area contributed by atoms with Crippen LogP contribution >= 0.6 is 0 Å². The summed E-state index contributed by atoms with van der Waals surface area (Å²) < 4.78 is 5.17. The third-order valence-corrected chi connectivity index (χ3v) is 6.76. The molecule has 5 nitrogen and oxygen atoms in total. The van der Waals surface area contributed by atoms with Crippen LogP contribution < -0.4 is 4.74 Å². The number of rotatable bonds is 3. The molecule has 2 saturated heterocycles. The minimum absolute atomic E-state index is 0.0251. The van der Waals surface area contributed by atoms with Crippen LogP contribution in [0.25, 0.3) is 0 Å². The molecule has 1 atom stereocenters. The molecule has 3 fully saturated rings. The molecule has 2 heterocycles. The largest absolute Gasteiger partial charge is 0.497 e. The number of methoxy groups -OCH3 is 1. The summed E-state index contributed by atoms with van der Waals surface area (Å²) >= 11 is 0. The zero-order valence-electron chi connectivity index (χ0n) is 16.3. The molecule has 0 N–H and O–H groups in total. The van der Waals surface area contributed by atoms with Gasteiger partial charge in [0.15, 0.2) is 0 Å². The van der Waals surface area contributed by atoms with E-state index in [2.05, 4.69) is 4.90 Å². The lowest BCUT2D eigenvalue weighted by atomic mass is 9.77.